The molecule has 2 aromatic rings. The number of carbonyl (C=O) groups is 1. The van der Waals surface area contributed by atoms with Crippen LogP contribution in [0.15, 0.2) is 23.7 Å². The predicted molar refractivity (Wildman–Crippen MR) is 64.8 cm³/mol. The first-order valence-corrected chi connectivity index (χ1v) is 6.23. The van der Waals surface area contributed by atoms with E-state index in [0.717, 1.165) is 13.0 Å². The van der Waals surface area contributed by atoms with Crippen LogP contribution in [0, 0.1) is 0 Å². The molecule has 1 aliphatic rings. The van der Waals surface area contributed by atoms with Crippen LogP contribution in [0.4, 0.5) is 5.82 Å². The highest BCUT2D eigenvalue weighted by atomic mass is 32.1. The van der Waals surface area contributed by atoms with Crippen molar-refractivity contribution in [1.82, 2.24) is 9.78 Å². The van der Waals surface area contributed by atoms with Crippen molar-refractivity contribution in [2.45, 2.75) is 12.5 Å². The average molecular weight is 249 g/mol. The van der Waals surface area contributed by atoms with Crippen LogP contribution in [0.3, 0.4) is 0 Å². The Balaban J connectivity index is 2.06. The van der Waals surface area contributed by atoms with Crippen molar-refractivity contribution in [2.75, 3.05) is 11.9 Å². The summed E-state index contributed by atoms with van der Waals surface area (Å²) in [5.74, 6) is -0.326. The quantitative estimate of drug-likeness (QED) is 0.854. The third-order valence-corrected chi connectivity index (χ3v) is 3.88. The molecule has 0 spiro atoms. The predicted octanol–water partition coefficient (Wildman–Crippen LogP) is 2.05. The second kappa shape index (κ2) is 3.89. The first-order chi connectivity index (χ1) is 8.27. The molecule has 0 amide bonds. The summed E-state index contributed by atoms with van der Waals surface area (Å²) in [5, 5.41) is 18.4. The Morgan fingerprint density at radius 2 is 2.53 bits per heavy atom. The van der Waals surface area contributed by atoms with Gasteiger partial charge in [0.15, 0.2) is 0 Å². The van der Waals surface area contributed by atoms with Crippen LogP contribution in [0.2, 0.25) is 0 Å². The number of hydrogen-bond donors (Lipinski definition) is 2. The van der Waals surface area contributed by atoms with Gasteiger partial charge in [0.2, 0.25) is 0 Å². The van der Waals surface area contributed by atoms with Gasteiger partial charge in [-0.3, -0.25) is 0 Å². The Bertz CT molecular complexity index is 547. The van der Waals surface area contributed by atoms with Crippen molar-refractivity contribution in [2.24, 2.45) is 0 Å². The first kappa shape index (κ1) is 10.3. The summed E-state index contributed by atoms with van der Waals surface area (Å²) in [6, 6.07) is 4.22. The van der Waals surface area contributed by atoms with Crippen molar-refractivity contribution in [3.05, 3.63) is 34.2 Å². The van der Waals surface area contributed by atoms with Crippen LogP contribution in [-0.2, 0) is 0 Å². The van der Waals surface area contributed by atoms with Gasteiger partial charge in [-0.05, 0) is 17.9 Å². The summed E-state index contributed by atoms with van der Waals surface area (Å²) in [6.45, 7) is 0.772. The molecule has 17 heavy (non-hydrogen) atoms. The number of nitrogens with one attached hydrogen (secondary N) is 1. The standard InChI is InChI=1S/C11H11N3O2S/c15-11(16)7-6-13-14-8(3-4-12-10(7)14)9-2-1-5-17-9/h1-2,5-6,8,12H,3-4H2,(H,15,16). The number of carboxylic acid groups (broad SMARTS) is 1. The topological polar surface area (TPSA) is 67.1 Å². The molecule has 0 bridgehead atoms. The maximum Gasteiger partial charge on any atom is 0.341 e. The molecule has 0 aliphatic carbocycles. The summed E-state index contributed by atoms with van der Waals surface area (Å²) >= 11 is 1.67. The smallest absolute Gasteiger partial charge is 0.341 e. The van der Waals surface area contributed by atoms with Gasteiger partial charge in [0.25, 0.3) is 0 Å². The number of rotatable bonds is 2. The second-order valence-electron chi connectivity index (χ2n) is 3.90. The van der Waals surface area contributed by atoms with E-state index >= 15 is 0 Å². The summed E-state index contributed by atoms with van der Waals surface area (Å²) in [6.07, 6.45) is 2.34. The van der Waals surface area contributed by atoms with Gasteiger partial charge in [-0.2, -0.15) is 5.10 Å². The molecule has 6 heteroatoms. The summed E-state index contributed by atoms with van der Waals surface area (Å²) in [7, 11) is 0. The maximum atomic E-state index is 11.0. The van der Waals surface area contributed by atoms with Crippen molar-refractivity contribution in [3.63, 3.8) is 0 Å². The van der Waals surface area contributed by atoms with Gasteiger partial charge in [-0.15, -0.1) is 11.3 Å². The molecule has 3 rings (SSSR count). The lowest BCUT2D eigenvalue weighted by Crippen LogP contribution is -2.24. The van der Waals surface area contributed by atoms with E-state index in [4.69, 9.17) is 5.11 Å². The molecule has 2 N–H and O–H groups in total. The molecule has 5 nitrogen and oxygen atoms in total. The fraction of sp³-hybridized carbons (Fsp3) is 0.273. The van der Waals surface area contributed by atoms with E-state index in [-0.39, 0.29) is 11.6 Å². The highest BCUT2D eigenvalue weighted by Gasteiger charge is 2.27. The number of carboxylic acids is 1. The highest BCUT2D eigenvalue weighted by molar-refractivity contribution is 7.10. The summed E-state index contributed by atoms with van der Waals surface area (Å²) in [5.41, 5.74) is 0.242. The molecule has 0 saturated carbocycles. The number of fused-ring (bicyclic) bond motifs is 1. The van der Waals surface area contributed by atoms with Gasteiger partial charge in [-0.1, -0.05) is 6.07 Å². The fourth-order valence-corrected chi connectivity index (χ4v) is 2.97. The van der Waals surface area contributed by atoms with Crippen LogP contribution in [0.25, 0.3) is 0 Å². The van der Waals surface area contributed by atoms with Crippen LogP contribution >= 0.6 is 11.3 Å². The monoisotopic (exact) mass is 249 g/mol. The van der Waals surface area contributed by atoms with Gasteiger partial charge in [0.1, 0.15) is 11.4 Å². The highest BCUT2D eigenvalue weighted by Crippen LogP contribution is 2.33. The fourth-order valence-electron chi connectivity index (χ4n) is 2.12. The molecule has 2 aromatic heterocycles. The third kappa shape index (κ3) is 1.61. The minimum Gasteiger partial charge on any atom is -0.477 e. The number of aromatic nitrogens is 2. The van der Waals surface area contributed by atoms with Gasteiger partial charge >= 0.3 is 5.97 Å². The van der Waals surface area contributed by atoms with E-state index < -0.39 is 5.97 Å². The summed E-state index contributed by atoms with van der Waals surface area (Å²) in [4.78, 5) is 12.3. The molecule has 0 fully saturated rings. The zero-order valence-electron chi connectivity index (χ0n) is 8.96. The Labute approximate surface area is 102 Å². The molecule has 1 aliphatic heterocycles. The van der Waals surface area contributed by atoms with E-state index in [1.54, 1.807) is 16.0 Å². The van der Waals surface area contributed by atoms with Crippen LogP contribution in [-0.4, -0.2) is 27.4 Å². The SMILES string of the molecule is O=C(O)c1cnn2c1NCCC2c1cccs1. The minimum absolute atomic E-state index is 0.152. The third-order valence-electron chi connectivity index (χ3n) is 2.90. The molecular weight excluding hydrogens is 238 g/mol. The Morgan fingerprint density at radius 3 is 3.24 bits per heavy atom. The Kier molecular flexibility index (Phi) is 2.36. The maximum absolute atomic E-state index is 11.0. The minimum atomic E-state index is -0.939. The van der Waals surface area contributed by atoms with Gasteiger partial charge in [0, 0.05) is 11.4 Å². The van der Waals surface area contributed by atoms with Crippen LogP contribution in [0.5, 0.6) is 0 Å². The summed E-state index contributed by atoms with van der Waals surface area (Å²) < 4.78 is 1.78. The number of anilines is 1. The largest absolute Gasteiger partial charge is 0.477 e. The van der Waals surface area contributed by atoms with Crippen LogP contribution in [0.1, 0.15) is 27.7 Å². The average Bonchev–Trinajstić information content (AvgIpc) is 2.97. The number of nitrogens with zero attached hydrogens (tertiary/aromatic N) is 2. The van der Waals surface area contributed by atoms with Crippen molar-refractivity contribution >= 4 is 23.1 Å². The van der Waals surface area contributed by atoms with Crippen LogP contribution < -0.4 is 5.32 Å². The number of hydrogen-bond acceptors (Lipinski definition) is 4. The van der Waals surface area contributed by atoms with E-state index in [1.807, 2.05) is 11.4 Å². The molecular formula is C11H11N3O2S. The molecule has 0 radical (unpaired) electrons. The molecule has 88 valence electrons. The Hall–Kier alpha value is -1.82. The number of thiophene rings is 1. The van der Waals surface area contributed by atoms with Crippen molar-refractivity contribution in [1.29, 1.82) is 0 Å². The lowest BCUT2D eigenvalue weighted by molar-refractivity contribution is 0.0697. The molecule has 0 aromatic carbocycles. The zero-order chi connectivity index (χ0) is 11.8. The van der Waals surface area contributed by atoms with E-state index in [2.05, 4.69) is 16.5 Å². The lowest BCUT2D eigenvalue weighted by Gasteiger charge is -2.25. The normalized spacial score (nSPS) is 18.5. The first-order valence-electron chi connectivity index (χ1n) is 5.35. The van der Waals surface area contributed by atoms with Gasteiger partial charge in [0.05, 0.1) is 12.2 Å². The van der Waals surface area contributed by atoms with E-state index in [1.165, 1.54) is 11.1 Å². The molecule has 1 atom stereocenters. The van der Waals surface area contributed by atoms with Crippen molar-refractivity contribution < 1.29 is 9.90 Å². The molecule has 3 heterocycles. The molecule has 0 saturated heterocycles. The van der Waals surface area contributed by atoms with E-state index in [9.17, 15) is 4.79 Å². The van der Waals surface area contributed by atoms with E-state index in [0.29, 0.717) is 5.82 Å². The van der Waals surface area contributed by atoms with Gasteiger partial charge in [-0.25, -0.2) is 9.48 Å². The lowest BCUT2D eigenvalue weighted by atomic mass is 10.1. The second-order valence-corrected chi connectivity index (χ2v) is 4.88. The zero-order valence-corrected chi connectivity index (χ0v) is 9.78. The molecule has 1 unspecified atom stereocenters. The number of aromatic carboxylic acids is 1. The van der Waals surface area contributed by atoms with Gasteiger partial charge < -0.3 is 10.4 Å². The Morgan fingerprint density at radius 1 is 1.65 bits per heavy atom. The van der Waals surface area contributed by atoms with Crippen molar-refractivity contribution in [3.8, 4) is 0 Å².